The average molecular weight is 382 g/mol. The van der Waals surface area contributed by atoms with Gasteiger partial charge >= 0.3 is 5.97 Å². The number of methoxy groups -OCH3 is 1. The largest absolute Gasteiger partial charge is 0.463 e. The van der Waals surface area contributed by atoms with Crippen LogP contribution in [0.3, 0.4) is 0 Å². The number of ether oxygens (including phenoxy) is 1. The maximum Gasteiger partial charge on any atom is 0.373 e. The van der Waals surface area contributed by atoms with Crippen molar-refractivity contribution in [1.29, 1.82) is 0 Å². The normalized spacial score (nSPS) is 18.4. The second-order valence-electron chi connectivity index (χ2n) is 6.74. The van der Waals surface area contributed by atoms with Crippen LogP contribution in [-0.4, -0.2) is 20.1 Å². The van der Waals surface area contributed by atoms with Crippen LogP contribution >= 0.6 is 11.6 Å². The highest BCUT2D eigenvalue weighted by molar-refractivity contribution is 6.30. The smallest absolute Gasteiger partial charge is 0.373 e. The van der Waals surface area contributed by atoms with Crippen LogP contribution in [0.15, 0.2) is 65.1 Å². The molecule has 2 unspecified atom stereocenters. The Labute approximate surface area is 163 Å². The van der Waals surface area contributed by atoms with Crippen molar-refractivity contribution >= 4 is 23.3 Å². The first-order chi connectivity index (χ1) is 13.1. The number of anilines is 1. The summed E-state index contributed by atoms with van der Waals surface area (Å²) in [6.45, 7) is 0. The molecule has 1 aromatic heterocycles. The molecule has 2 atom stereocenters. The molecule has 5 heteroatoms. The molecule has 2 aromatic carbocycles. The minimum atomic E-state index is -0.461. The Morgan fingerprint density at radius 1 is 1.15 bits per heavy atom. The third kappa shape index (κ3) is 3.21. The van der Waals surface area contributed by atoms with E-state index in [-0.39, 0.29) is 17.7 Å². The number of esters is 1. The fourth-order valence-corrected chi connectivity index (χ4v) is 4.13. The zero-order chi connectivity index (χ0) is 19.0. The van der Waals surface area contributed by atoms with Crippen LogP contribution in [0.1, 0.15) is 39.4 Å². The SMILES string of the molecule is COC(=O)c1ccc(CC2c3ccc(Cl)cc3N(C)C2c2ccccc2)o1. The number of benzene rings is 2. The molecule has 0 radical (unpaired) electrons. The number of likely N-dealkylation sites (N-methyl/N-ethyl adjacent to an activating group) is 1. The molecule has 0 saturated carbocycles. The highest BCUT2D eigenvalue weighted by Crippen LogP contribution is 2.50. The Kier molecular flexibility index (Phi) is 4.66. The molecule has 27 heavy (non-hydrogen) atoms. The van der Waals surface area contributed by atoms with Crippen LogP contribution in [0.5, 0.6) is 0 Å². The van der Waals surface area contributed by atoms with Crippen LogP contribution < -0.4 is 4.90 Å². The average Bonchev–Trinajstić information content (AvgIpc) is 3.25. The second kappa shape index (κ2) is 7.12. The van der Waals surface area contributed by atoms with E-state index in [1.165, 1.54) is 18.2 Å². The van der Waals surface area contributed by atoms with E-state index in [0.717, 1.165) is 16.5 Å². The van der Waals surface area contributed by atoms with Gasteiger partial charge in [-0.2, -0.15) is 0 Å². The van der Waals surface area contributed by atoms with E-state index in [2.05, 4.69) is 42.3 Å². The zero-order valence-electron chi connectivity index (χ0n) is 15.2. The molecule has 4 rings (SSSR count). The fraction of sp³-hybridized carbons (Fsp3) is 0.227. The molecular weight excluding hydrogens is 362 g/mol. The summed E-state index contributed by atoms with van der Waals surface area (Å²) in [6.07, 6.45) is 0.676. The molecule has 0 bridgehead atoms. The van der Waals surface area contributed by atoms with Gasteiger partial charge in [0.05, 0.1) is 13.2 Å². The van der Waals surface area contributed by atoms with Crippen molar-refractivity contribution in [2.75, 3.05) is 19.1 Å². The number of furan rings is 1. The molecular formula is C22H20ClNO3. The van der Waals surface area contributed by atoms with E-state index in [4.69, 9.17) is 20.8 Å². The highest BCUT2D eigenvalue weighted by atomic mass is 35.5. The molecule has 1 aliphatic heterocycles. The van der Waals surface area contributed by atoms with E-state index in [1.54, 1.807) is 6.07 Å². The van der Waals surface area contributed by atoms with Gasteiger partial charge in [0, 0.05) is 30.1 Å². The lowest BCUT2D eigenvalue weighted by Gasteiger charge is -2.27. The van der Waals surface area contributed by atoms with Crippen LogP contribution in [0, 0.1) is 0 Å². The standard InChI is InChI=1S/C22H20ClNO3/c1-24-19-12-15(23)8-10-17(19)18(21(24)14-6-4-3-5-7-14)13-16-9-11-20(27-16)22(25)26-2/h3-12,18,21H,13H2,1-2H3. The summed E-state index contributed by atoms with van der Waals surface area (Å²) < 4.78 is 10.5. The summed E-state index contributed by atoms with van der Waals surface area (Å²) in [7, 11) is 3.44. The van der Waals surface area contributed by atoms with E-state index >= 15 is 0 Å². The zero-order valence-corrected chi connectivity index (χ0v) is 15.9. The molecule has 0 saturated heterocycles. The molecule has 0 aliphatic carbocycles. The maximum absolute atomic E-state index is 11.7. The highest BCUT2D eigenvalue weighted by Gasteiger charge is 2.38. The summed E-state index contributed by atoms with van der Waals surface area (Å²) in [6, 6.07) is 20.1. The van der Waals surface area contributed by atoms with Gasteiger partial charge in [-0.1, -0.05) is 48.0 Å². The third-order valence-corrected chi connectivity index (χ3v) is 5.42. The predicted octanol–water partition coefficient (Wildman–Crippen LogP) is 5.24. The van der Waals surface area contributed by atoms with Crippen LogP contribution in [0.4, 0.5) is 5.69 Å². The minimum absolute atomic E-state index is 0.159. The number of halogens is 1. The fourth-order valence-electron chi connectivity index (χ4n) is 3.97. The Hall–Kier alpha value is -2.72. The third-order valence-electron chi connectivity index (χ3n) is 5.18. The Morgan fingerprint density at radius 3 is 2.67 bits per heavy atom. The van der Waals surface area contributed by atoms with Crippen molar-refractivity contribution in [2.45, 2.75) is 18.4 Å². The summed E-state index contributed by atoms with van der Waals surface area (Å²) in [5.41, 5.74) is 3.59. The van der Waals surface area contributed by atoms with Crippen molar-refractivity contribution in [1.82, 2.24) is 0 Å². The monoisotopic (exact) mass is 381 g/mol. The van der Waals surface area contributed by atoms with Gasteiger partial charge in [-0.25, -0.2) is 4.79 Å². The van der Waals surface area contributed by atoms with Crippen molar-refractivity contribution in [2.24, 2.45) is 0 Å². The minimum Gasteiger partial charge on any atom is -0.463 e. The van der Waals surface area contributed by atoms with Gasteiger partial charge in [-0.05, 0) is 35.4 Å². The summed E-state index contributed by atoms with van der Waals surface area (Å²) in [4.78, 5) is 14.0. The Bertz CT molecular complexity index is 967. The lowest BCUT2D eigenvalue weighted by molar-refractivity contribution is 0.0563. The number of rotatable bonds is 4. The lowest BCUT2D eigenvalue weighted by Crippen LogP contribution is -2.23. The van der Waals surface area contributed by atoms with Crippen LogP contribution in [0.2, 0.25) is 5.02 Å². The van der Waals surface area contributed by atoms with Gasteiger partial charge in [0.25, 0.3) is 0 Å². The molecule has 0 spiro atoms. The van der Waals surface area contributed by atoms with Gasteiger partial charge in [-0.3, -0.25) is 0 Å². The summed E-state index contributed by atoms with van der Waals surface area (Å²) in [5.74, 6) is 0.710. The molecule has 3 aromatic rings. The molecule has 0 amide bonds. The molecule has 1 aliphatic rings. The van der Waals surface area contributed by atoms with E-state index in [9.17, 15) is 4.79 Å². The van der Waals surface area contributed by atoms with Crippen molar-refractivity contribution in [3.8, 4) is 0 Å². The first kappa shape index (κ1) is 17.7. The molecule has 0 N–H and O–H groups in total. The van der Waals surface area contributed by atoms with Gasteiger partial charge in [-0.15, -0.1) is 0 Å². The molecule has 4 nitrogen and oxygen atoms in total. The predicted molar refractivity (Wildman–Crippen MR) is 106 cm³/mol. The number of nitrogens with zero attached hydrogens (tertiary/aromatic N) is 1. The molecule has 2 heterocycles. The number of hydrogen-bond donors (Lipinski definition) is 0. The van der Waals surface area contributed by atoms with Gasteiger partial charge in [0.15, 0.2) is 0 Å². The Morgan fingerprint density at radius 2 is 1.93 bits per heavy atom. The topological polar surface area (TPSA) is 42.7 Å². The maximum atomic E-state index is 11.7. The van der Waals surface area contributed by atoms with Crippen molar-refractivity contribution < 1.29 is 13.9 Å². The summed E-state index contributed by atoms with van der Waals surface area (Å²) in [5, 5.41) is 0.721. The van der Waals surface area contributed by atoms with Crippen LogP contribution in [-0.2, 0) is 11.2 Å². The van der Waals surface area contributed by atoms with E-state index in [0.29, 0.717) is 6.42 Å². The van der Waals surface area contributed by atoms with Gasteiger partial charge < -0.3 is 14.1 Å². The van der Waals surface area contributed by atoms with Crippen LogP contribution in [0.25, 0.3) is 0 Å². The van der Waals surface area contributed by atoms with E-state index in [1.807, 2.05) is 24.3 Å². The first-order valence-electron chi connectivity index (χ1n) is 8.82. The number of fused-ring (bicyclic) bond motifs is 1. The Balaban J connectivity index is 1.73. The van der Waals surface area contributed by atoms with Crippen molar-refractivity contribution in [3.05, 3.63) is 88.3 Å². The molecule has 0 fully saturated rings. The number of hydrogen-bond acceptors (Lipinski definition) is 4. The second-order valence-corrected chi connectivity index (χ2v) is 7.17. The van der Waals surface area contributed by atoms with Gasteiger partial charge in [0.2, 0.25) is 5.76 Å². The quantitative estimate of drug-likeness (QED) is 0.580. The lowest BCUT2D eigenvalue weighted by atomic mass is 9.87. The summed E-state index contributed by atoms with van der Waals surface area (Å²) >= 11 is 6.25. The van der Waals surface area contributed by atoms with Gasteiger partial charge in [0.1, 0.15) is 5.76 Å². The molecule has 138 valence electrons. The number of carbonyl (C=O) groups excluding carboxylic acids is 1. The first-order valence-corrected chi connectivity index (χ1v) is 9.20. The van der Waals surface area contributed by atoms with Crippen molar-refractivity contribution in [3.63, 3.8) is 0 Å². The number of carbonyl (C=O) groups is 1. The van der Waals surface area contributed by atoms with E-state index < -0.39 is 5.97 Å².